The van der Waals surface area contributed by atoms with Gasteiger partial charge in [-0.1, -0.05) is 6.07 Å². The van der Waals surface area contributed by atoms with E-state index >= 15 is 0 Å². The quantitative estimate of drug-likeness (QED) is 0.602. The minimum Gasteiger partial charge on any atom is -0.493 e. The summed E-state index contributed by atoms with van der Waals surface area (Å²) in [5, 5.41) is 8.09. The molecule has 0 N–H and O–H groups in total. The Morgan fingerprint density at radius 2 is 1.90 bits per heavy atom. The van der Waals surface area contributed by atoms with Gasteiger partial charge < -0.3 is 18.6 Å². The topological polar surface area (TPSA) is 73.5 Å². The number of methoxy groups -OCH3 is 3. The summed E-state index contributed by atoms with van der Waals surface area (Å²) in [5.41, 5.74) is 1.67. The summed E-state index contributed by atoms with van der Waals surface area (Å²) < 4.78 is 21.7. The van der Waals surface area contributed by atoms with Crippen LogP contribution in [0.5, 0.6) is 17.2 Å². The molecule has 0 spiro atoms. The smallest absolute Gasteiger partial charge is 0.310 e. The zero-order valence-corrected chi connectivity index (χ0v) is 17.1. The number of ether oxygens (including phenoxy) is 3. The molecule has 0 unspecified atom stereocenters. The van der Waals surface area contributed by atoms with Gasteiger partial charge >= 0.3 is 5.91 Å². The Morgan fingerprint density at radius 3 is 2.45 bits per heavy atom. The molecule has 3 heterocycles. The average molecular weight is 412 g/mol. The minimum atomic E-state index is -0.335. The van der Waals surface area contributed by atoms with E-state index in [1.54, 1.807) is 44.8 Å². The number of thiophene rings is 1. The molecule has 1 aliphatic heterocycles. The maximum Gasteiger partial charge on any atom is 0.310 e. The maximum atomic E-state index is 13.1. The molecule has 7 nitrogen and oxygen atoms in total. The van der Waals surface area contributed by atoms with Crippen LogP contribution < -0.4 is 14.2 Å². The number of hydrogen-bond acceptors (Lipinski definition) is 7. The summed E-state index contributed by atoms with van der Waals surface area (Å²) in [5.74, 6) is 1.48. The van der Waals surface area contributed by atoms with Crippen LogP contribution in [-0.4, -0.2) is 38.0 Å². The number of amides is 1. The highest BCUT2D eigenvalue weighted by Gasteiger charge is 2.36. The number of hydrazone groups is 1. The van der Waals surface area contributed by atoms with Crippen LogP contribution in [0.15, 0.2) is 57.6 Å². The van der Waals surface area contributed by atoms with Crippen LogP contribution in [0.1, 0.15) is 33.5 Å². The van der Waals surface area contributed by atoms with Gasteiger partial charge in [0, 0.05) is 6.42 Å². The van der Waals surface area contributed by atoms with Crippen LogP contribution in [0, 0.1) is 0 Å². The van der Waals surface area contributed by atoms with E-state index in [1.165, 1.54) is 11.3 Å². The van der Waals surface area contributed by atoms with E-state index < -0.39 is 0 Å². The molecule has 0 aliphatic carbocycles. The molecule has 0 radical (unpaired) electrons. The van der Waals surface area contributed by atoms with Crippen LogP contribution >= 0.6 is 11.3 Å². The van der Waals surface area contributed by atoms with E-state index in [0.29, 0.717) is 23.7 Å². The Balaban J connectivity index is 1.78. The predicted molar refractivity (Wildman–Crippen MR) is 109 cm³/mol. The first-order valence-electron chi connectivity index (χ1n) is 8.94. The minimum absolute atomic E-state index is 0.235. The lowest BCUT2D eigenvalue weighted by Crippen LogP contribution is -2.26. The van der Waals surface area contributed by atoms with Gasteiger partial charge in [-0.25, -0.2) is 5.01 Å². The van der Waals surface area contributed by atoms with Crippen LogP contribution in [0.3, 0.4) is 0 Å². The zero-order valence-electron chi connectivity index (χ0n) is 16.2. The number of nitrogens with zero attached hydrogens (tertiary/aromatic N) is 2. The molecule has 0 saturated heterocycles. The lowest BCUT2D eigenvalue weighted by Gasteiger charge is -2.23. The van der Waals surface area contributed by atoms with Gasteiger partial charge in [-0.2, -0.15) is 5.10 Å². The molecule has 4 rings (SSSR count). The molecule has 0 fully saturated rings. The third kappa shape index (κ3) is 3.47. The normalized spacial score (nSPS) is 15.9. The molecule has 1 atom stereocenters. The van der Waals surface area contributed by atoms with Crippen molar-refractivity contribution in [1.82, 2.24) is 5.01 Å². The Bertz CT molecular complexity index is 1000. The monoisotopic (exact) mass is 412 g/mol. The fraction of sp³-hybridized carbons (Fsp3) is 0.238. The van der Waals surface area contributed by atoms with Crippen LogP contribution in [0.4, 0.5) is 0 Å². The van der Waals surface area contributed by atoms with E-state index in [-0.39, 0.29) is 17.7 Å². The summed E-state index contributed by atoms with van der Waals surface area (Å²) in [4.78, 5) is 14.1. The summed E-state index contributed by atoms with van der Waals surface area (Å²) in [7, 11) is 4.69. The van der Waals surface area contributed by atoms with Crippen molar-refractivity contribution in [2.75, 3.05) is 21.3 Å². The molecule has 1 amide bonds. The third-order valence-electron chi connectivity index (χ3n) is 4.73. The first-order valence-corrected chi connectivity index (χ1v) is 9.82. The number of hydrogen-bond donors (Lipinski definition) is 0. The van der Waals surface area contributed by atoms with Crippen molar-refractivity contribution in [3.05, 3.63) is 64.2 Å². The van der Waals surface area contributed by atoms with E-state index in [4.69, 9.17) is 18.6 Å². The van der Waals surface area contributed by atoms with Gasteiger partial charge in [0.15, 0.2) is 17.3 Å². The second-order valence-corrected chi connectivity index (χ2v) is 7.28. The highest BCUT2D eigenvalue weighted by atomic mass is 32.1. The largest absolute Gasteiger partial charge is 0.493 e. The molecule has 3 aromatic rings. The molecule has 1 aliphatic rings. The second-order valence-electron chi connectivity index (χ2n) is 6.33. The number of rotatable bonds is 6. The fourth-order valence-corrected chi connectivity index (χ4v) is 4.08. The van der Waals surface area contributed by atoms with Crippen molar-refractivity contribution in [3.63, 3.8) is 0 Å². The van der Waals surface area contributed by atoms with E-state index in [1.807, 2.05) is 29.6 Å². The predicted octanol–water partition coefficient (Wildman–Crippen LogP) is 4.36. The van der Waals surface area contributed by atoms with Crippen molar-refractivity contribution in [1.29, 1.82) is 0 Å². The Kier molecular flexibility index (Phi) is 5.26. The number of carbonyl (C=O) groups excluding carboxylic acids is 1. The standard InChI is InChI=1S/C21H20N2O5S/c1-25-17-10-13(11-18(26-2)20(17)27-3)15-12-14(19-7-5-9-29-19)22-23(15)21(24)16-6-4-8-28-16/h4-11,15H,12H2,1-3H3/t15-/m0/s1. The van der Waals surface area contributed by atoms with Gasteiger partial charge in [-0.15, -0.1) is 11.3 Å². The summed E-state index contributed by atoms with van der Waals surface area (Å²) in [6, 6.07) is 10.6. The maximum absolute atomic E-state index is 13.1. The van der Waals surface area contributed by atoms with Crippen LogP contribution in [0.2, 0.25) is 0 Å². The fourth-order valence-electron chi connectivity index (χ4n) is 3.36. The molecular formula is C21H20N2O5S. The lowest BCUT2D eigenvalue weighted by molar-refractivity contribution is 0.0678. The van der Waals surface area contributed by atoms with Gasteiger partial charge in [0.1, 0.15) is 0 Å². The zero-order chi connectivity index (χ0) is 20.4. The van der Waals surface area contributed by atoms with Gasteiger partial charge in [0.25, 0.3) is 0 Å². The highest BCUT2D eigenvalue weighted by molar-refractivity contribution is 7.12. The Hall–Kier alpha value is -3.26. The number of benzene rings is 1. The lowest BCUT2D eigenvalue weighted by atomic mass is 10.00. The van der Waals surface area contributed by atoms with Gasteiger partial charge in [0.2, 0.25) is 5.75 Å². The van der Waals surface area contributed by atoms with Crippen molar-refractivity contribution in [3.8, 4) is 17.2 Å². The SMILES string of the molecule is COc1cc([C@@H]2CC(c3cccs3)=NN2C(=O)c2ccco2)cc(OC)c1OC. The van der Waals surface area contributed by atoms with Crippen molar-refractivity contribution in [2.24, 2.45) is 5.10 Å². The van der Waals surface area contributed by atoms with Crippen molar-refractivity contribution in [2.45, 2.75) is 12.5 Å². The molecule has 0 saturated carbocycles. The summed E-state index contributed by atoms with van der Waals surface area (Å²) in [6.07, 6.45) is 2.03. The Labute approximate surface area is 172 Å². The van der Waals surface area contributed by atoms with Gasteiger partial charge in [-0.05, 0) is 41.3 Å². The molecular weight excluding hydrogens is 392 g/mol. The van der Waals surface area contributed by atoms with Gasteiger partial charge in [-0.3, -0.25) is 4.79 Å². The molecule has 29 heavy (non-hydrogen) atoms. The molecule has 0 bridgehead atoms. The second kappa shape index (κ2) is 8.00. The van der Waals surface area contributed by atoms with Crippen molar-refractivity contribution >= 4 is 23.0 Å². The molecule has 150 valence electrons. The first-order chi connectivity index (χ1) is 14.2. The number of carbonyl (C=O) groups is 1. The Morgan fingerprint density at radius 1 is 1.14 bits per heavy atom. The van der Waals surface area contributed by atoms with Crippen LogP contribution in [0.25, 0.3) is 0 Å². The molecule has 8 heteroatoms. The summed E-state index contributed by atoms with van der Waals surface area (Å²) in [6.45, 7) is 0. The van der Waals surface area contributed by atoms with E-state index in [9.17, 15) is 4.79 Å². The third-order valence-corrected chi connectivity index (χ3v) is 5.65. The van der Waals surface area contributed by atoms with Gasteiger partial charge in [0.05, 0.1) is 44.2 Å². The number of furan rings is 1. The van der Waals surface area contributed by atoms with E-state index in [2.05, 4.69) is 5.10 Å². The highest BCUT2D eigenvalue weighted by Crippen LogP contribution is 2.43. The van der Waals surface area contributed by atoms with Crippen LogP contribution in [-0.2, 0) is 0 Å². The first kappa shape index (κ1) is 19.1. The summed E-state index contributed by atoms with van der Waals surface area (Å²) >= 11 is 1.59. The van der Waals surface area contributed by atoms with E-state index in [0.717, 1.165) is 16.2 Å². The average Bonchev–Trinajstić information content (AvgIpc) is 3.52. The molecule has 1 aromatic carbocycles. The molecule has 2 aromatic heterocycles. The van der Waals surface area contributed by atoms with Crippen molar-refractivity contribution < 1.29 is 23.4 Å².